The Balaban J connectivity index is 1.87. The maximum atomic E-state index is 4.73. The van der Waals surface area contributed by atoms with E-state index in [4.69, 9.17) is 4.98 Å². The van der Waals surface area contributed by atoms with Crippen LogP contribution in [-0.4, -0.2) is 30.5 Å². The molecule has 0 spiro atoms. The van der Waals surface area contributed by atoms with E-state index < -0.39 is 0 Å². The molecule has 4 nitrogen and oxygen atoms in total. The second-order valence-electron chi connectivity index (χ2n) is 7.50. The Hall–Kier alpha value is -3.27. The molecule has 4 rings (SSSR count). The SMILES string of the molecule is Cc1cccc(N(C)c2ccnc3c(-c4cccc(N(C)C)c4)cc(C)n23)c1. The van der Waals surface area contributed by atoms with E-state index in [0.29, 0.717) is 0 Å². The van der Waals surface area contributed by atoms with E-state index in [1.807, 2.05) is 6.20 Å². The van der Waals surface area contributed by atoms with Crippen molar-refractivity contribution in [2.45, 2.75) is 13.8 Å². The predicted octanol–water partition coefficient (Wildman–Crippen LogP) is 5.45. The van der Waals surface area contributed by atoms with Crippen LogP contribution in [0.2, 0.25) is 0 Å². The van der Waals surface area contributed by atoms with Gasteiger partial charge in [0.2, 0.25) is 0 Å². The number of aryl methyl sites for hydroxylation is 2. The lowest BCUT2D eigenvalue weighted by Gasteiger charge is -2.22. The summed E-state index contributed by atoms with van der Waals surface area (Å²) in [5, 5.41) is 0. The number of hydrogen-bond donors (Lipinski definition) is 0. The van der Waals surface area contributed by atoms with Gasteiger partial charge in [0.05, 0.1) is 0 Å². The number of fused-ring (bicyclic) bond motifs is 1. The first-order valence-electron chi connectivity index (χ1n) is 9.51. The van der Waals surface area contributed by atoms with Crippen LogP contribution in [-0.2, 0) is 0 Å². The molecule has 0 N–H and O–H groups in total. The molecule has 0 unspecified atom stereocenters. The maximum absolute atomic E-state index is 4.73. The summed E-state index contributed by atoms with van der Waals surface area (Å²) in [4.78, 5) is 9.07. The highest BCUT2D eigenvalue weighted by Crippen LogP contribution is 2.33. The minimum atomic E-state index is 0.977. The first kappa shape index (κ1) is 18.1. The molecule has 2 aromatic heterocycles. The quantitative estimate of drug-likeness (QED) is 0.477. The third kappa shape index (κ3) is 3.11. The third-order valence-electron chi connectivity index (χ3n) is 5.21. The summed E-state index contributed by atoms with van der Waals surface area (Å²) in [7, 11) is 6.24. The van der Waals surface area contributed by atoms with E-state index in [2.05, 4.69) is 110 Å². The van der Waals surface area contributed by atoms with Crippen LogP contribution in [0.3, 0.4) is 0 Å². The van der Waals surface area contributed by atoms with Gasteiger partial charge in [0.1, 0.15) is 11.5 Å². The van der Waals surface area contributed by atoms with Crippen molar-refractivity contribution in [2.75, 3.05) is 30.9 Å². The molecule has 4 aromatic rings. The van der Waals surface area contributed by atoms with Gasteiger partial charge in [-0.25, -0.2) is 4.98 Å². The highest BCUT2D eigenvalue weighted by molar-refractivity contribution is 5.82. The Morgan fingerprint density at radius 1 is 0.821 bits per heavy atom. The molecule has 0 saturated carbocycles. The topological polar surface area (TPSA) is 23.8 Å². The second kappa shape index (κ2) is 7.04. The molecule has 0 aliphatic rings. The fourth-order valence-electron chi connectivity index (χ4n) is 3.69. The second-order valence-corrected chi connectivity index (χ2v) is 7.50. The molecular formula is C24H26N4. The Bertz CT molecular complexity index is 1140. The zero-order chi connectivity index (χ0) is 19.8. The third-order valence-corrected chi connectivity index (χ3v) is 5.21. The van der Waals surface area contributed by atoms with Crippen LogP contribution in [0.5, 0.6) is 0 Å². The monoisotopic (exact) mass is 370 g/mol. The Labute approximate surface area is 166 Å². The number of anilines is 3. The molecule has 2 heterocycles. The zero-order valence-corrected chi connectivity index (χ0v) is 17.1. The summed E-state index contributed by atoms with van der Waals surface area (Å²) in [5.74, 6) is 1.10. The van der Waals surface area contributed by atoms with Crippen molar-refractivity contribution in [1.82, 2.24) is 9.38 Å². The minimum absolute atomic E-state index is 0.977. The van der Waals surface area contributed by atoms with Gasteiger partial charge in [0.15, 0.2) is 0 Å². The highest BCUT2D eigenvalue weighted by Gasteiger charge is 2.16. The van der Waals surface area contributed by atoms with Crippen molar-refractivity contribution in [1.29, 1.82) is 0 Å². The Morgan fingerprint density at radius 2 is 1.57 bits per heavy atom. The van der Waals surface area contributed by atoms with Crippen LogP contribution in [0.1, 0.15) is 11.3 Å². The van der Waals surface area contributed by atoms with E-state index in [1.54, 1.807) is 0 Å². The van der Waals surface area contributed by atoms with Crippen LogP contribution < -0.4 is 9.80 Å². The molecule has 0 atom stereocenters. The van der Waals surface area contributed by atoms with E-state index in [1.165, 1.54) is 22.5 Å². The summed E-state index contributed by atoms with van der Waals surface area (Å²) < 4.78 is 2.24. The van der Waals surface area contributed by atoms with Gasteiger partial charge in [0.25, 0.3) is 0 Å². The summed E-state index contributed by atoms with van der Waals surface area (Å²) in [5.41, 5.74) is 8.08. The lowest BCUT2D eigenvalue weighted by molar-refractivity contribution is 1.01. The fraction of sp³-hybridized carbons (Fsp3) is 0.208. The van der Waals surface area contributed by atoms with Crippen molar-refractivity contribution in [3.05, 3.63) is 78.1 Å². The molecule has 142 valence electrons. The fourth-order valence-corrected chi connectivity index (χ4v) is 3.69. The number of nitrogens with zero attached hydrogens (tertiary/aromatic N) is 4. The van der Waals surface area contributed by atoms with Gasteiger partial charge in [-0.2, -0.15) is 0 Å². The van der Waals surface area contributed by atoms with Crippen molar-refractivity contribution in [2.24, 2.45) is 0 Å². The first-order valence-corrected chi connectivity index (χ1v) is 9.51. The summed E-state index contributed by atoms with van der Waals surface area (Å²) in [6.07, 6.45) is 1.90. The van der Waals surface area contributed by atoms with E-state index in [-0.39, 0.29) is 0 Å². The van der Waals surface area contributed by atoms with Crippen molar-refractivity contribution >= 4 is 22.8 Å². The lowest BCUT2D eigenvalue weighted by Crippen LogP contribution is -2.14. The van der Waals surface area contributed by atoms with Gasteiger partial charge in [-0.3, -0.25) is 4.40 Å². The van der Waals surface area contributed by atoms with Gasteiger partial charge in [-0.05, 0) is 61.4 Å². The van der Waals surface area contributed by atoms with Crippen molar-refractivity contribution in [3.8, 4) is 11.1 Å². The zero-order valence-electron chi connectivity index (χ0n) is 17.1. The molecule has 0 aliphatic carbocycles. The van der Waals surface area contributed by atoms with Crippen molar-refractivity contribution < 1.29 is 0 Å². The normalized spacial score (nSPS) is 11.0. The van der Waals surface area contributed by atoms with Gasteiger partial charge < -0.3 is 9.80 Å². The molecule has 0 aliphatic heterocycles. The lowest BCUT2D eigenvalue weighted by atomic mass is 10.1. The number of aromatic nitrogens is 2. The number of benzene rings is 2. The minimum Gasteiger partial charge on any atom is -0.378 e. The molecule has 0 radical (unpaired) electrons. The molecule has 0 saturated heterocycles. The Kier molecular flexibility index (Phi) is 4.55. The van der Waals surface area contributed by atoms with Crippen LogP contribution in [0.25, 0.3) is 16.8 Å². The highest BCUT2D eigenvalue weighted by atomic mass is 15.2. The smallest absolute Gasteiger partial charge is 0.146 e. The van der Waals surface area contributed by atoms with E-state index in [9.17, 15) is 0 Å². The van der Waals surface area contributed by atoms with Gasteiger partial charge in [-0.15, -0.1) is 0 Å². The summed E-state index contributed by atoms with van der Waals surface area (Å²) in [6, 6.07) is 21.5. The van der Waals surface area contributed by atoms with Crippen LogP contribution in [0.4, 0.5) is 17.2 Å². The van der Waals surface area contributed by atoms with Crippen LogP contribution in [0, 0.1) is 13.8 Å². The van der Waals surface area contributed by atoms with Crippen LogP contribution in [0.15, 0.2) is 66.9 Å². The Morgan fingerprint density at radius 3 is 2.32 bits per heavy atom. The molecule has 0 amide bonds. The standard InChI is InChI=1S/C24H26N4/c1-17-8-6-11-21(14-17)27(5)23-12-13-25-24-22(15-18(2)28(23)24)19-9-7-10-20(16-19)26(3)4/h6-16H,1-5H3. The average Bonchev–Trinajstić information content (AvgIpc) is 3.04. The largest absolute Gasteiger partial charge is 0.378 e. The summed E-state index contributed by atoms with van der Waals surface area (Å²) >= 11 is 0. The van der Waals surface area contributed by atoms with Crippen molar-refractivity contribution in [3.63, 3.8) is 0 Å². The summed E-state index contributed by atoms with van der Waals surface area (Å²) in [6.45, 7) is 4.26. The molecular weight excluding hydrogens is 344 g/mol. The maximum Gasteiger partial charge on any atom is 0.146 e. The number of rotatable bonds is 4. The van der Waals surface area contributed by atoms with E-state index >= 15 is 0 Å². The molecule has 0 bridgehead atoms. The molecule has 4 heteroatoms. The van der Waals surface area contributed by atoms with Crippen LogP contribution >= 0.6 is 0 Å². The number of hydrogen-bond acceptors (Lipinski definition) is 3. The first-order chi connectivity index (χ1) is 13.5. The molecule has 0 fully saturated rings. The molecule has 2 aromatic carbocycles. The predicted molar refractivity (Wildman–Crippen MR) is 119 cm³/mol. The van der Waals surface area contributed by atoms with E-state index in [0.717, 1.165) is 22.7 Å². The average molecular weight is 371 g/mol. The van der Waals surface area contributed by atoms with Gasteiger partial charge in [-0.1, -0.05) is 24.3 Å². The molecule has 28 heavy (non-hydrogen) atoms. The van der Waals surface area contributed by atoms with Gasteiger partial charge in [0, 0.05) is 50.0 Å². The van der Waals surface area contributed by atoms with Gasteiger partial charge >= 0.3 is 0 Å².